The lowest BCUT2D eigenvalue weighted by molar-refractivity contribution is -0.136. The predicted molar refractivity (Wildman–Crippen MR) is 46.9 cm³/mol. The molecule has 0 atom stereocenters. The smallest absolute Gasteiger partial charge is 0.303 e. The molecule has 0 saturated heterocycles. The number of nitrogens with zero attached hydrogens (tertiary/aromatic N) is 2. The molecule has 1 rings (SSSR count). The lowest BCUT2D eigenvalue weighted by Crippen LogP contribution is -2.01. The van der Waals surface area contributed by atoms with Gasteiger partial charge in [0.1, 0.15) is 0 Å². The third-order valence-corrected chi connectivity index (χ3v) is 2.36. The molecule has 0 aromatic carbocycles. The molecule has 1 aromatic heterocycles. The summed E-state index contributed by atoms with van der Waals surface area (Å²) in [7, 11) is 1.84. The summed E-state index contributed by atoms with van der Waals surface area (Å²) in [5.74, 6) is -0.785. The second-order valence-electron chi connectivity index (χ2n) is 2.47. The number of hydrogen-bond acceptors (Lipinski definition) is 2. The van der Waals surface area contributed by atoms with Crippen molar-refractivity contribution in [3.8, 4) is 0 Å². The quantitative estimate of drug-likeness (QED) is 0.853. The van der Waals surface area contributed by atoms with Crippen LogP contribution in [-0.4, -0.2) is 20.6 Å². The number of carbonyl (C=O) groups is 1. The molecule has 0 amide bonds. The van der Waals surface area contributed by atoms with Crippen molar-refractivity contribution in [2.24, 2.45) is 7.05 Å². The number of aryl methyl sites for hydroxylation is 1. The minimum atomic E-state index is -0.785. The zero-order chi connectivity index (χ0) is 9.14. The predicted octanol–water partition coefficient (Wildman–Crippen LogP) is 1.20. The van der Waals surface area contributed by atoms with Gasteiger partial charge in [0, 0.05) is 18.9 Å². The van der Waals surface area contributed by atoms with E-state index in [2.05, 4.69) is 20.9 Å². The maximum absolute atomic E-state index is 10.2. The van der Waals surface area contributed by atoms with Gasteiger partial charge < -0.3 is 9.67 Å². The van der Waals surface area contributed by atoms with E-state index in [9.17, 15) is 4.79 Å². The van der Waals surface area contributed by atoms with Gasteiger partial charge in [0.05, 0.1) is 6.42 Å². The van der Waals surface area contributed by atoms with Crippen molar-refractivity contribution in [1.29, 1.82) is 0 Å². The lowest BCUT2D eigenvalue weighted by atomic mass is 10.2. The summed E-state index contributed by atoms with van der Waals surface area (Å²) in [5.41, 5.74) is 0.921. The molecule has 0 aliphatic rings. The van der Waals surface area contributed by atoms with Crippen LogP contribution in [0.2, 0.25) is 0 Å². The summed E-state index contributed by atoms with van der Waals surface area (Å²) in [6.07, 6.45) is 2.34. The normalized spacial score (nSPS) is 10.2. The van der Waals surface area contributed by atoms with Crippen LogP contribution in [0.1, 0.15) is 12.1 Å². The molecule has 1 N–H and O–H groups in total. The highest BCUT2D eigenvalue weighted by molar-refractivity contribution is 9.10. The first-order chi connectivity index (χ1) is 5.61. The van der Waals surface area contributed by atoms with Gasteiger partial charge in [-0.1, -0.05) is 0 Å². The second-order valence-corrected chi connectivity index (χ2v) is 3.18. The van der Waals surface area contributed by atoms with E-state index in [4.69, 9.17) is 5.11 Å². The van der Waals surface area contributed by atoms with E-state index < -0.39 is 5.97 Å². The highest BCUT2D eigenvalue weighted by Gasteiger charge is 2.05. The standard InChI is InChI=1S/C7H9BrN2O2/c1-10-5(2-3-6(11)12)4-9-7(10)8/h4H,2-3H2,1H3,(H,11,12). The summed E-state index contributed by atoms with van der Waals surface area (Å²) >= 11 is 3.23. The maximum Gasteiger partial charge on any atom is 0.303 e. The summed E-state index contributed by atoms with van der Waals surface area (Å²) in [6.45, 7) is 0. The fourth-order valence-electron chi connectivity index (χ4n) is 0.887. The van der Waals surface area contributed by atoms with Crippen LogP contribution < -0.4 is 0 Å². The first-order valence-electron chi connectivity index (χ1n) is 3.49. The molecule has 0 spiro atoms. The Balaban J connectivity index is 2.63. The molecular weight excluding hydrogens is 224 g/mol. The zero-order valence-corrected chi connectivity index (χ0v) is 8.21. The Kier molecular flexibility index (Phi) is 2.86. The minimum Gasteiger partial charge on any atom is -0.481 e. The van der Waals surface area contributed by atoms with Gasteiger partial charge in [-0.25, -0.2) is 4.98 Å². The van der Waals surface area contributed by atoms with Gasteiger partial charge in [0.2, 0.25) is 0 Å². The highest BCUT2D eigenvalue weighted by atomic mass is 79.9. The molecule has 0 aliphatic carbocycles. The molecule has 0 bridgehead atoms. The van der Waals surface area contributed by atoms with Gasteiger partial charge >= 0.3 is 5.97 Å². The SMILES string of the molecule is Cn1c(CCC(=O)O)cnc1Br. The number of hydrogen-bond donors (Lipinski definition) is 1. The molecule has 66 valence electrons. The Morgan fingerprint density at radius 3 is 2.92 bits per heavy atom. The molecule has 0 aliphatic heterocycles. The van der Waals surface area contributed by atoms with Crippen molar-refractivity contribution in [3.05, 3.63) is 16.6 Å². The third-order valence-electron chi connectivity index (χ3n) is 1.62. The van der Waals surface area contributed by atoms with Crippen LogP contribution in [0.4, 0.5) is 0 Å². The van der Waals surface area contributed by atoms with E-state index in [0.717, 1.165) is 10.4 Å². The first-order valence-corrected chi connectivity index (χ1v) is 4.28. The molecule has 0 fully saturated rings. The summed E-state index contributed by atoms with van der Waals surface area (Å²) in [6, 6.07) is 0. The number of halogens is 1. The van der Waals surface area contributed by atoms with Crippen molar-refractivity contribution in [1.82, 2.24) is 9.55 Å². The number of rotatable bonds is 3. The van der Waals surface area contributed by atoms with Crippen molar-refractivity contribution in [2.45, 2.75) is 12.8 Å². The van der Waals surface area contributed by atoms with Gasteiger partial charge in [0.15, 0.2) is 4.73 Å². The van der Waals surface area contributed by atoms with Gasteiger partial charge in [-0.2, -0.15) is 0 Å². The first kappa shape index (κ1) is 9.25. The number of aromatic nitrogens is 2. The Hall–Kier alpha value is -0.840. The van der Waals surface area contributed by atoms with Crippen LogP contribution in [0.15, 0.2) is 10.9 Å². The van der Waals surface area contributed by atoms with Crippen LogP contribution in [0.5, 0.6) is 0 Å². The number of carboxylic acids is 1. The molecule has 1 heterocycles. The molecule has 1 aromatic rings. The molecule has 12 heavy (non-hydrogen) atoms. The molecular formula is C7H9BrN2O2. The van der Waals surface area contributed by atoms with Crippen molar-refractivity contribution >= 4 is 21.9 Å². The molecule has 5 heteroatoms. The van der Waals surface area contributed by atoms with Gasteiger partial charge in [-0.15, -0.1) is 0 Å². The molecule has 0 unspecified atom stereocenters. The Labute approximate surface area is 78.4 Å². The average Bonchev–Trinajstić information content (AvgIpc) is 2.30. The number of carboxylic acid groups (broad SMARTS) is 1. The van der Waals surface area contributed by atoms with Crippen molar-refractivity contribution < 1.29 is 9.90 Å². The van der Waals surface area contributed by atoms with E-state index in [0.29, 0.717) is 6.42 Å². The van der Waals surface area contributed by atoms with Gasteiger partial charge in [0.25, 0.3) is 0 Å². The average molecular weight is 233 g/mol. The Morgan fingerprint density at radius 1 is 1.83 bits per heavy atom. The summed E-state index contributed by atoms with van der Waals surface area (Å²) in [5, 5.41) is 8.43. The Bertz CT molecular complexity index is 296. The summed E-state index contributed by atoms with van der Waals surface area (Å²) < 4.78 is 2.55. The van der Waals surface area contributed by atoms with E-state index in [1.54, 1.807) is 6.20 Å². The molecule has 4 nitrogen and oxygen atoms in total. The Morgan fingerprint density at radius 2 is 2.50 bits per heavy atom. The van der Waals surface area contributed by atoms with Gasteiger partial charge in [-0.05, 0) is 22.4 Å². The number of aliphatic carboxylic acids is 1. The van der Waals surface area contributed by atoms with Crippen LogP contribution >= 0.6 is 15.9 Å². The molecule has 0 radical (unpaired) electrons. The van der Waals surface area contributed by atoms with Crippen LogP contribution in [-0.2, 0) is 18.3 Å². The zero-order valence-electron chi connectivity index (χ0n) is 6.62. The number of imidazole rings is 1. The van der Waals surface area contributed by atoms with E-state index >= 15 is 0 Å². The topological polar surface area (TPSA) is 55.1 Å². The second kappa shape index (κ2) is 3.71. The maximum atomic E-state index is 10.2. The highest BCUT2D eigenvalue weighted by Crippen LogP contribution is 2.10. The summed E-state index contributed by atoms with van der Waals surface area (Å²) in [4.78, 5) is 14.2. The van der Waals surface area contributed by atoms with E-state index in [1.807, 2.05) is 11.6 Å². The van der Waals surface area contributed by atoms with Crippen molar-refractivity contribution in [2.75, 3.05) is 0 Å². The van der Waals surface area contributed by atoms with Crippen LogP contribution in [0.3, 0.4) is 0 Å². The van der Waals surface area contributed by atoms with E-state index in [1.165, 1.54) is 0 Å². The van der Waals surface area contributed by atoms with Crippen LogP contribution in [0, 0.1) is 0 Å². The third kappa shape index (κ3) is 2.07. The lowest BCUT2D eigenvalue weighted by Gasteiger charge is -1.99. The largest absolute Gasteiger partial charge is 0.481 e. The minimum absolute atomic E-state index is 0.145. The van der Waals surface area contributed by atoms with Crippen LogP contribution in [0.25, 0.3) is 0 Å². The fraction of sp³-hybridized carbons (Fsp3) is 0.429. The monoisotopic (exact) mass is 232 g/mol. The van der Waals surface area contributed by atoms with E-state index in [-0.39, 0.29) is 6.42 Å². The fourth-order valence-corrected chi connectivity index (χ4v) is 1.22. The van der Waals surface area contributed by atoms with Gasteiger partial charge in [-0.3, -0.25) is 4.79 Å². The molecule has 0 saturated carbocycles. The van der Waals surface area contributed by atoms with Crippen molar-refractivity contribution in [3.63, 3.8) is 0 Å².